The second-order valence-electron chi connectivity index (χ2n) is 4.43. The maximum atomic E-state index is 5.79. The number of fused-ring (bicyclic) bond motifs is 1. The van der Waals surface area contributed by atoms with Crippen molar-refractivity contribution in [3.8, 4) is 0 Å². The molecule has 0 aromatic heterocycles. The fraction of sp³-hybridized carbons (Fsp3) is 0.538. The Morgan fingerprint density at radius 1 is 1.27 bits per heavy atom. The van der Waals surface area contributed by atoms with Crippen molar-refractivity contribution >= 4 is 0 Å². The zero-order valence-corrected chi connectivity index (χ0v) is 8.91. The van der Waals surface area contributed by atoms with E-state index in [1.165, 1.54) is 24.0 Å². The molecule has 1 N–H and O–H groups in total. The van der Waals surface area contributed by atoms with Gasteiger partial charge in [-0.1, -0.05) is 24.3 Å². The molecule has 2 unspecified atom stereocenters. The molecule has 2 atom stereocenters. The highest BCUT2D eigenvalue weighted by molar-refractivity contribution is 5.33. The summed E-state index contributed by atoms with van der Waals surface area (Å²) in [5, 5.41) is 3.59. The van der Waals surface area contributed by atoms with Crippen LogP contribution < -0.4 is 5.32 Å². The number of hydrogen-bond donors (Lipinski definition) is 1. The van der Waals surface area contributed by atoms with E-state index in [2.05, 4.69) is 29.6 Å². The lowest BCUT2D eigenvalue weighted by Crippen LogP contribution is -2.37. The zero-order chi connectivity index (χ0) is 10.1. The van der Waals surface area contributed by atoms with E-state index >= 15 is 0 Å². The van der Waals surface area contributed by atoms with Crippen LogP contribution in [0.1, 0.15) is 30.0 Å². The van der Waals surface area contributed by atoms with E-state index in [9.17, 15) is 0 Å². The van der Waals surface area contributed by atoms with Crippen LogP contribution in [0.4, 0.5) is 0 Å². The number of nitrogens with one attached hydrogen (secondary N) is 1. The first kappa shape index (κ1) is 9.37. The van der Waals surface area contributed by atoms with Gasteiger partial charge < -0.3 is 10.1 Å². The summed E-state index contributed by atoms with van der Waals surface area (Å²) in [6, 6.07) is 9.19. The fourth-order valence-corrected chi connectivity index (χ4v) is 2.73. The third-order valence-corrected chi connectivity index (χ3v) is 3.49. The minimum absolute atomic E-state index is 0.395. The first-order chi connectivity index (χ1) is 7.45. The lowest BCUT2D eigenvalue weighted by Gasteiger charge is -2.30. The summed E-state index contributed by atoms with van der Waals surface area (Å²) in [6.45, 7) is 2.02. The van der Waals surface area contributed by atoms with Gasteiger partial charge in [-0.25, -0.2) is 0 Å². The minimum Gasteiger partial charge on any atom is -0.376 e. The molecule has 0 bridgehead atoms. The molecule has 2 heterocycles. The monoisotopic (exact) mass is 203 g/mol. The van der Waals surface area contributed by atoms with Gasteiger partial charge in [-0.2, -0.15) is 0 Å². The van der Waals surface area contributed by atoms with E-state index < -0.39 is 0 Å². The van der Waals surface area contributed by atoms with Crippen molar-refractivity contribution in [2.24, 2.45) is 0 Å². The van der Waals surface area contributed by atoms with Crippen LogP contribution in [-0.4, -0.2) is 19.3 Å². The molecule has 0 spiro atoms. The molecule has 2 nitrogen and oxygen atoms in total. The molecular weight excluding hydrogens is 186 g/mol. The van der Waals surface area contributed by atoms with Crippen LogP contribution in [0.15, 0.2) is 24.3 Å². The van der Waals surface area contributed by atoms with Crippen LogP contribution in [0.5, 0.6) is 0 Å². The second-order valence-corrected chi connectivity index (χ2v) is 4.43. The van der Waals surface area contributed by atoms with Gasteiger partial charge in [-0.05, 0) is 36.9 Å². The van der Waals surface area contributed by atoms with Crippen molar-refractivity contribution in [2.45, 2.75) is 31.4 Å². The van der Waals surface area contributed by atoms with Gasteiger partial charge in [0.1, 0.15) is 0 Å². The fourth-order valence-electron chi connectivity index (χ4n) is 2.73. The summed E-state index contributed by atoms with van der Waals surface area (Å²) in [7, 11) is 0. The highest BCUT2D eigenvalue weighted by Gasteiger charge is 2.30. The second kappa shape index (κ2) is 3.95. The van der Waals surface area contributed by atoms with Crippen molar-refractivity contribution in [1.29, 1.82) is 0 Å². The molecule has 2 heteroatoms. The molecule has 2 aliphatic rings. The van der Waals surface area contributed by atoms with Crippen LogP contribution in [-0.2, 0) is 11.2 Å². The molecule has 3 rings (SSSR count). The third-order valence-electron chi connectivity index (χ3n) is 3.49. The van der Waals surface area contributed by atoms with Crippen molar-refractivity contribution < 1.29 is 4.74 Å². The molecule has 15 heavy (non-hydrogen) atoms. The normalized spacial score (nSPS) is 30.1. The zero-order valence-electron chi connectivity index (χ0n) is 8.91. The standard InChI is InChI=1S/C13H17NO/c1-2-5-11-10(4-1)7-8-14-13(11)12-6-3-9-15-12/h1-2,4-5,12-14H,3,6-9H2. The molecule has 80 valence electrons. The number of benzene rings is 1. The van der Waals surface area contributed by atoms with Gasteiger partial charge in [0.15, 0.2) is 0 Å². The molecule has 0 amide bonds. The SMILES string of the molecule is c1ccc2c(c1)CCNC2C1CCCO1. The summed E-state index contributed by atoms with van der Waals surface area (Å²) in [4.78, 5) is 0. The highest BCUT2D eigenvalue weighted by atomic mass is 16.5. The maximum absolute atomic E-state index is 5.79. The molecule has 1 fully saturated rings. The first-order valence-corrected chi connectivity index (χ1v) is 5.88. The molecule has 1 saturated heterocycles. The quantitative estimate of drug-likeness (QED) is 0.754. The van der Waals surface area contributed by atoms with Gasteiger partial charge in [0.25, 0.3) is 0 Å². The van der Waals surface area contributed by atoms with Crippen molar-refractivity contribution in [3.63, 3.8) is 0 Å². The van der Waals surface area contributed by atoms with E-state index in [1.807, 2.05) is 0 Å². The van der Waals surface area contributed by atoms with Gasteiger partial charge in [-0.3, -0.25) is 0 Å². The Hall–Kier alpha value is -0.860. The van der Waals surface area contributed by atoms with E-state index in [1.54, 1.807) is 0 Å². The van der Waals surface area contributed by atoms with E-state index in [0.29, 0.717) is 12.1 Å². The van der Waals surface area contributed by atoms with E-state index in [0.717, 1.165) is 19.6 Å². The summed E-state index contributed by atoms with van der Waals surface area (Å²) in [5.74, 6) is 0. The first-order valence-electron chi connectivity index (χ1n) is 5.88. The van der Waals surface area contributed by atoms with Gasteiger partial charge in [0.2, 0.25) is 0 Å². The summed E-state index contributed by atoms with van der Waals surface area (Å²) < 4.78 is 5.79. The predicted molar refractivity (Wildman–Crippen MR) is 59.9 cm³/mol. The molecule has 2 aliphatic heterocycles. The Labute approximate surface area is 90.6 Å². The third kappa shape index (κ3) is 1.68. The topological polar surface area (TPSA) is 21.3 Å². The largest absolute Gasteiger partial charge is 0.376 e. The molecule has 1 aromatic rings. The van der Waals surface area contributed by atoms with Crippen LogP contribution in [0.2, 0.25) is 0 Å². The Morgan fingerprint density at radius 3 is 3.07 bits per heavy atom. The Bertz CT molecular complexity index is 344. The van der Waals surface area contributed by atoms with E-state index in [4.69, 9.17) is 4.74 Å². The van der Waals surface area contributed by atoms with Crippen LogP contribution in [0, 0.1) is 0 Å². The van der Waals surface area contributed by atoms with Gasteiger partial charge in [0, 0.05) is 6.61 Å². The van der Waals surface area contributed by atoms with Gasteiger partial charge in [0.05, 0.1) is 12.1 Å². The number of ether oxygens (including phenoxy) is 1. The average molecular weight is 203 g/mol. The predicted octanol–water partition coefficient (Wildman–Crippen LogP) is 2.05. The number of hydrogen-bond acceptors (Lipinski definition) is 2. The van der Waals surface area contributed by atoms with E-state index in [-0.39, 0.29) is 0 Å². The Morgan fingerprint density at radius 2 is 2.20 bits per heavy atom. The summed E-state index contributed by atoms with van der Waals surface area (Å²) in [6.07, 6.45) is 3.96. The highest BCUT2D eigenvalue weighted by Crippen LogP contribution is 2.31. The van der Waals surface area contributed by atoms with Crippen molar-refractivity contribution in [3.05, 3.63) is 35.4 Å². The summed E-state index contributed by atoms with van der Waals surface area (Å²) >= 11 is 0. The van der Waals surface area contributed by atoms with Crippen molar-refractivity contribution in [1.82, 2.24) is 5.32 Å². The molecule has 0 radical (unpaired) electrons. The minimum atomic E-state index is 0.395. The van der Waals surface area contributed by atoms with Gasteiger partial charge in [-0.15, -0.1) is 0 Å². The van der Waals surface area contributed by atoms with Gasteiger partial charge >= 0.3 is 0 Å². The Balaban J connectivity index is 1.91. The smallest absolute Gasteiger partial charge is 0.0770 e. The molecular formula is C13H17NO. The molecule has 1 aromatic carbocycles. The average Bonchev–Trinajstić information content (AvgIpc) is 2.82. The lowest BCUT2D eigenvalue weighted by molar-refractivity contribution is 0.0762. The van der Waals surface area contributed by atoms with Crippen molar-refractivity contribution in [2.75, 3.05) is 13.2 Å². The Kier molecular flexibility index (Phi) is 2.47. The van der Waals surface area contributed by atoms with Crippen LogP contribution >= 0.6 is 0 Å². The van der Waals surface area contributed by atoms with Crippen LogP contribution in [0.25, 0.3) is 0 Å². The molecule has 0 saturated carbocycles. The van der Waals surface area contributed by atoms with Crippen LogP contribution in [0.3, 0.4) is 0 Å². The molecule has 0 aliphatic carbocycles. The summed E-state index contributed by atoms with van der Waals surface area (Å²) in [5.41, 5.74) is 2.95. The maximum Gasteiger partial charge on any atom is 0.0770 e. The lowest BCUT2D eigenvalue weighted by atomic mass is 9.90. The number of rotatable bonds is 1.